The minimum Gasteiger partial charge on any atom is -1.00 e. The Morgan fingerprint density at radius 3 is 2.37 bits per heavy atom. The van der Waals surface area contributed by atoms with Crippen molar-refractivity contribution in [2.24, 2.45) is 11.1 Å². The third kappa shape index (κ3) is 7.45. The number of rotatable bonds is 11. The number of quaternary nitrogens is 1. The van der Waals surface area contributed by atoms with Crippen LogP contribution in [-0.4, -0.2) is 50.2 Å². The number of aromatic nitrogens is 1. The maximum absolute atomic E-state index is 12.0. The number of hydrogen-bond acceptors (Lipinski definition) is 6. The number of primary sulfonamides is 1. The zero-order chi connectivity index (χ0) is 26.5. The lowest BCUT2D eigenvalue weighted by Crippen LogP contribution is -3.00. The Balaban J connectivity index is 0.00000400. The minimum absolute atomic E-state index is 0. The molecule has 1 aromatic heterocycles. The van der Waals surface area contributed by atoms with E-state index in [1.807, 2.05) is 30.3 Å². The second-order valence-electron chi connectivity index (χ2n) is 10.6. The fraction of sp³-hybridized carbons (Fsp3) is 0.464. The van der Waals surface area contributed by atoms with E-state index in [1.54, 1.807) is 18.3 Å². The average Bonchev–Trinajstić information content (AvgIpc) is 3.35. The molecule has 0 amide bonds. The highest BCUT2D eigenvalue weighted by molar-refractivity contribution is 7.89. The lowest BCUT2D eigenvalue weighted by molar-refractivity contribution is -0.904. The normalized spacial score (nSPS) is 16.4. The van der Waals surface area contributed by atoms with Crippen molar-refractivity contribution in [2.45, 2.75) is 55.6 Å². The smallest absolute Gasteiger partial charge is 0.238 e. The van der Waals surface area contributed by atoms with E-state index < -0.39 is 15.6 Å². The molecular formula is C28H38BrN3O5S. The molecule has 1 saturated carbocycles. The van der Waals surface area contributed by atoms with Crippen LogP contribution in [0.4, 0.5) is 0 Å². The first-order valence-corrected chi connectivity index (χ1v) is 14.4. The van der Waals surface area contributed by atoms with E-state index in [9.17, 15) is 13.5 Å². The van der Waals surface area contributed by atoms with Crippen LogP contribution in [0.15, 0.2) is 70.1 Å². The number of halogens is 1. The van der Waals surface area contributed by atoms with Gasteiger partial charge in [-0.3, -0.25) is 0 Å². The summed E-state index contributed by atoms with van der Waals surface area (Å²) in [6.45, 7) is 1.95. The Labute approximate surface area is 236 Å². The fourth-order valence-corrected chi connectivity index (χ4v) is 5.73. The predicted octanol–water partition coefficient (Wildman–Crippen LogP) is 1.19. The first-order chi connectivity index (χ1) is 17.6. The van der Waals surface area contributed by atoms with E-state index >= 15 is 0 Å². The molecule has 0 radical (unpaired) electrons. The molecular weight excluding hydrogens is 570 g/mol. The Morgan fingerprint density at radius 1 is 1.08 bits per heavy atom. The predicted molar refractivity (Wildman–Crippen MR) is 141 cm³/mol. The fourth-order valence-electron chi connectivity index (χ4n) is 5.21. The van der Waals surface area contributed by atoms with Crippen LogP contribution in [0.25, 0.3) is 0 Å². The molecule has 1 heterocycles. The second kappa shape index (κ2) is 12.7. The number of nitrogens with zero attached hydrogens (tertiary/aromatic N) is 2. The third-order valence-electron chi connectivity index (χ3n) is 7.20. The van der Waals surface area contributed by atoms with Crippen molar-refractivity contribution in [3.63, 3.8) is 0 Å². The Hall–Kier alpha value is -2.24. The monoisotopic (exact) mass is 607 g/mol. The molecule has 0 bridgehead atoms. The first-order valence-electron chi connectivity index (χ1n) is 12.9. The molecule has 1 fully saturated rings. The van der Waals surface area contributed by atoms with Crippen molar-refractivity contribution in [2.75, 3.05) is 27.2 Å². The van der Waals surface area contributed by atoms with Crippen LogP contribution in [0, 0.1) is 5.92 Å². The van der Waals surface area contributed by atoms with Gasteiger partial charge in [-0.1, -0.05) is 49.6 Å². The summed E-state index contributed by atoms with van der Waals surface area (Å²) in [6, 6.07) is 15.9. The van der Waals surface area contributed by atoms with Gasteiger partial charge >= 0.3 is 0 Å². The van der Waals surface area contributed by atoms with Crippen molar-refractivity contribution >= 4 is 10.0 Å². The Morgan fingerprint density at radius 2 is 1.74 bits per heavy atom. The summed E-state index contributed by atoms with van der Waals surface area (Å²) in [5.41, 5.74) is -0.401. The lowest BCUT2D eigenvalue weighted by Gasteiger charge is -2.36. The summed E-state index contributed by atoms with van der Waals surface area (Å²) in [5.74, 6) is 1.80. The summed E-state index contributed by atoms with van der Waals surface area (Å²) in [6.07, 6.45) is 7.86. The number of nitrogens with two attached hydrogens (primary N) is 1. The Bertz CT molecular complexity index is 1260. The van der Waals surface area contributed by atoms with Gasteiger partial charge in [-0.2, -0.15) is 0 Å². The molecule has 10 heteroatoms. The summed E-state index contributed by atoms with van der Waals surface area (Å²) in [4.78, 5) is 4.64. The molecule has 3 N–H and O–H groups in total. The highest BCUT2D eigenvalue weighted by Crippen LogP contribution is 2.43. The lowest BCUT2D eigenvalue weighted by atomic mass is 9.73. The molecule has 0 spiro atoms. The summed E-state index contributed by atoms with van der Waals surface area (Å²) in [7, 11) is 0.526. The first kappa shape index (κ1) is 30.3. The zero-order valence-electron chi connectivity index (χ0n) is 22.1. The van der Waals surface area contributed by atoms with Gasteiger partial charge in [0.15, 0.2) is 11.4 Å². The van der Waals surface area contributed by atoms with E-state index in [2.05, 4.69) is 19.1 Å². The van der Waals surface area contributed by atoms with Crippen molar-refractivity contribution in [3.8, 4) is 5.75 Å². The van der Waals surface area contributed by atoms with Crippen LogP contribution < -0.4 is 26.9 Å². The van der Waals surface area contributed by atoms with Crippen molar-refractivity contribution in [1.82, 2.24) is 4.98 Å². The van der Waals surface area contributed by atoms with E-state index in [0.29, 0.717) is 29.3 Å². The molecule has 4 rings (SSSR count). The molecule has 38 heavy (non-hydrogen) atoms. The number of oxazole rings is 1. The van der Waals surface area contributed by atoms with Crippen molar-refractivity contribution < 1.29 is 44.1 Å². The molecule has 0 saturated heterocycles. The third-order valence-corrected chi connectivity index (χ3v) is 8.13. The van der Waals surface area contributed by atoms with Crippen molar-refractivity contribution in [3.05, 3.63) is 78.0 Å². The molecule has 2 aromatic carbocycles. The SMILES string of the molecule is C[N+](C)(CCCOc1ccc(S(N)(=O)=O)cc1)Cc1cnc([C@](O)(c2ccccc2)C2CCCCC2)o1.[Br-]. The van der Waals surface area contributed by atoms with Gasteiger partial charge < -0.3 is 35.7 Å². The zero-order valence-corrected chi connectivity index (χ0v) is 24.5. The molecule has 0 aliphatic heterocycles. The number of benzene rings is 2. The van der Waals surface area contributed by atoms with Crippen LogP contribution in [0.5, 0.6) is 5.75 Å². The van der Waals surface area contributed by atoms with E-state index in [0.717, 1.165) is 50.0 Å². The highest BCUT2D eigenvalue weighted by Gasteiger charge is 2.44. The molecule has 0 unspecified atom stereocenters. The molecule has 1 aliphatic carbocycles. The number of hydrogen-bond donors (Lipinski definition) is 2. The van der Waals surface area contributed by atoms with E-state index in [4.69, 9.17) is 14.3 Å². The van der Waals surface area contributed by atoms with Gasteiger partial charge in [-0.05, 0) is 42.7 Å². The number of aliphatic hydroxyl groups is 1. The maximum atomic E-state index is 12.0. The molecule has 1 aliphatic rings. The largest absolute Gasteiger partial charge is 1.00 e. The van der Waals surface area contributed by atoms with Gasteiger partial charge in [0.05, 0.1) is 38.3 Å². The molecule has 208 valence electrons. The number of sulfonamides is 1. The average molecular weight is 609 g/mol. The Kier molecular flexibility index (Phi) is 10.2. The van der Waals surface area contributed by atoms with Gasteiger partial charge in [0.2, 0.25) is 15.9 Å². The topological polar surface area (TPSA) is 116 Å². The second-order valence-corrected chi connectivity index (χ2v) is 12.2. The standard InChI is InChI=1S/C28H38N3O5S.BrH/c1-31(2,18-9-19-35-24-14-16-26(17-15-24)37(29,33)34)21-25-20-30-27(36-25)28(32,22-10-5-3-6-11-22)23-12-7-4-8-13-23;/h3,5-6,10-11,14-17,20,23,32H,4,7-9,12-13,18-19,21H2,1-2H3,(H2,29,33,34);1H/q+1;/p-1/t28-;/m0./s1. The summed E-state index contributed by atoms with van der Waals surface area (Å²) >= 11 is 0. The van der Waals surface area contributed by atoms with Gasteiger partial charge in [0.25, 0.3) is 0 Å². The van der Waals surface area contributed by atoms with Crippen LogP contribution in [0.3, 0.4) is 0 Å². The van der Waals surface area contributed by atoms with Gasteiger partial charge in [0.1, 0.15) is 12.3 Å². The van der Waals surface area contributed by atoms with Crippen LogP contribution in [0.2, 0.25) is 0 Å². The molecule has 1 atom stereocenters. The highest BCUT2D eigenvalue weighted by atomic mass is 79.9. The minimum atomic E-state index is -3.71. The van der Waals surface area contributed by atoms with Crippen LogP contribution in [0.1, 0.15) is 55.7 Å². The van der Waals surface area contributed by atoms with Gasteiger partial charge in [-0.15, -0.1) is 0 Å². The maximum Gasteiger partial charge on any atom is 0.238 e. The van der Waals surface area contributed by atoms with Gasteiger partial charge in [-0.25, -0.2) is 18.5 Å². The number of ether oxygens (including phenoxy) is 1. The molecule has 8 nitrogen and oxygen atoms in total. The summed E-state index contributed by atoms with van der Waals surface area (Å²) < 4.78 is 35.4. The van der Waals surface area contributed by atoms with Gasteiger partial charge in [0, 0.05) is 12.3 Å². The molecule has 3 aromatic rings. The van der Waals surface area contributed by atoms with E-state index in [-0.39, 0.29) is 27.8 Å². The van der Waals surface area contributed by atoms with Crippen LogP contribution in [-0.2, 0) is 22.2 Å². The quantitative estimate of drug-likeness (QED) is 0.250. The van der Waals surface area contributed by atoms with Crippen molar-refractivity contribution in [1.29, 1.82) is 0 Å². The van der Waals surface area contributed by atoms with E-state index in [1.165, 1.54) is 18.6 Å². The van der Waals surface area contributed by atoms with Crippen LogP contribution >= 0.6 is 0 Å². The summed E-state index contributed by atoms with van der Waals surface area (Å²) in [5, 5.41) is 17.2.